The zero-order valence-corrected chi connectivity index (χ0v) is 11.6. The first-order chi connectivity index (χ1) is 8.19. The minimum Gasteiger partial charge on any atom is -0.366 e. The van der Waals surface area contributed by atoms with E-state index in [2.05, 4.69) is 27.8 Å². The second kappa shape index (κ2) is 5.36. The Labute approximate surface area is 110 Å². The molecular formula is C13H18BrFN2. The fraction of sp³-hybridized carbons (Fsp3) is 0.538. The van der Waals surface area contributed by atoms with E-state index in [1.54, 1.807) is 0 Å². The van der Waals surface area contributed by atoms with Crippen LogP contribution in [0.3, 0.4) is 0 Å². The number of benzene rings is 1. The summed E-state index contributed by atoms with van der Waals surface area (Å²) in [5, 5.41) is 0. The highest BCUT2D eigenvalue weighted by atomic mass is 79.9. The van der Waals surface area contributed by atoms with Crippen molar-refractivity contribution in [3.05, 3.63) is 28.0 Å². The zero-order valence-electron chi connectivity index (χ0n) is 10.0. The smallest absolute Gasteiger partial charge is 0.160 e. The lowest BCUT2D eigenvalue weighted by Gasteiger charge is -2.25. The van der Waals surface area contributed by atoms with Crippen LogP contribution in [0.15, 0.2) is 16.6 Å². The van der Waals surface area contributed by atoms with Gasteiger partial charge in [0.2, 0.25) is 0 Å². The maximum absolute atomic E-state index is 14.3. The van der Waals surface area contributed by atoms with Crippen molar-refractivity contribution in [1.29, 1.82) is 0 Å². The lowest BCUT2D eigenvalue weighted by Crippen LogP contribution is -2.27. The lowest BCUT2D eigenvalue weighted by molar-refractivity contribution is 0.605. The topological polar surface area (TPSA) is 29.3 Å². The van der Waals surface area contributed by atoms with Gasteiger partial charge in [0.05, 0.1) is 10.2 Å². The van der Waals surface area contributed by atoms with Crippen LogP contribution in [0.1, 0.15) is 31.7 Å². The van der Waals surface area contributed by atoms with E-state index in [9.17, 15) is 4.39 Å². The number of nitrogens with zero attached hydrogens (tertiary/aromatic N) is 1. The van der Waals surface area contributed by atoms with Crippen LogP contribution in [-0.2, 0) is 6.54 Å². The number of nitrogens with two attached hydrogens (primary N) is 1. The molecule has 17 heavy (non-hydrogen) atoms. The second-order valence-corrected chi connectivity index (χ2v) is 5.29. The molecule has 1 aliphatic rings. The molecule has 2 nitrogen and oxygen atoms in total. The van der Waals surface area contributed by atoms with Gasteiger partial charge in [0.25, 0.3) is 0 Å². The highest BCUT2D eigenvalue weighted by Crippen LogP contribution is 2.36. The fourth-order valence-corrected chi connectivity index (χ4v) is 2.58. The molecule has 0 atom stereocenters. The Balaban J connectivity index is 2.33. The van der Waals surface area contributed by atoms with Gasteiger partial charge >= 0.3 is 0 Å². The van der Waals surface area contributed by atoms with Crippen molar-refractivity contribution >= 4 is 21.6 Å². The molecular weight excluding hydrogens is 283 g/mol. The predicted octanol–water partition coefficient (Wildman–Crippen LogP) is 3.43. The standard InChI is InChI=1S/C13H18BrFN2/c1-2-7-17(10-4-5-10)11-6-3-9(8-16)12(14)13(11)15/h3,6,10H,2,4-5,7-8,16H2,1H3. The predicted molar refractivity (Wildman–Crippen MR) is 72.7 cm³/mol. The Morgan fingerprint density at radius 2 is 2.18 bits per heavy atom. The Bertz CT molecular complexity index is 405. The van der Waals surface area contributed by atoms with Crippen LogP contribution in [0.5, 0.6) is 0 Å². The van der Waals surface area contributed by atoms with E-state index in [0.717, 1.165) is 18.5 Å². The first-order valence-corrected chi connectivity index (χ1v) is 6.92. The van der Waals surface area contributed by atoms with Crippen LogP contribution < -0.4 is 10.6 Å². The Morgan fingerprint density at radius 3 is 2.71 bits per heavy atom. The molecule has 0 spiro atoms. The maximum Gasteiger partial charge on any atom is 0.160 e. The van der Waals surface area contributed by atoms with Crippen molar-refractivity contribution in [2.75, 3.05) is 11.4 Å². The lowest BCUT2D eigenvalue weighted by atomic mass is 10.1. The molecule has 0 unspecified atom stereocenters. The Kier molecular flexibility index (Phi) is 4.05. The zero-order chi connectivity index (χ0) is 12.4. The summed E-state index contributed by atoms with van der Waals surface area (Å²) in [6, 6.07) is 4.30. The van der Waals surface area contributed by atoms with Gasteiger partial charge in [-0.05, 0) is 46.8 Å². The van der Waals surface area contributed by atoms with Crippen molar-refractivity contribution < 1.29 is 4.39 Å². The van der Waals surface area contributed by atoms with Crippen LogP contribution in [0.4, 0.5) is 10.1 Å². The SMILES string of the molecule is CCCN(c1ccc(CN)c(Br)c1F)C1CC1. The van der Waals surface area contributed by atoms with Gasteiger partial charge in [-0.1, -0.05) is 13.0 Å². The largest absolute Gasteiger partial charge is 0.366 e. The van der Waals surface area contributed by atoms with Crippen molar-refractivity contribution in [3.8, 4) is 0 Å². The molecule has 0 bridgehead atoms. The van der Waals surface area contributed by atoms with Gasteiger partial charge in [0.1, 0.15) is 0 Å². The molecule has 0 heterocycles. The quantitative estimate of drug-likeness (QED) is 0.903. The average Bonchev–Trinajstić information content (AvgIpc) is 3.14. The molecule has 4 heteroatoms. The third kappa shape index (κ3) is 2.63. The minimum absolute atomic E-state index is 0.173. The van der Waals surface area contributed by atoms with E-state index in [1.807, 2.05) is 12.1 Å². The fourth-order valence-electron chi connectivity index (χ4n) is 2.09. The second-order valence-electron chi connectivity index (χ2n) is 4.50. The summed E-state index contributed by atoms with van der Waals surface area (Å²) >= 11 is 3.30. The van der Waals surface area contributed by atoms with Crippen molar-refractivity contribution in [3.63, 3.8) is 0 Å². The third-order valence-electron chi connectivity index (χ3n) is 3.12. The van der Waals surface area contributed by atoms with Gasteiger partial charge in [0, 0.05) is 19.1 Å². The van der Waals surface area contributed by atoms with E-state index in [1.165, 1.54) is 12.8 Å². The maximum atomic E-state index is 14.3. The highest BCUT2D eigenvalue weighted by molar-refractivity contribution is 9.10. The molecule has 0 radical (unpaired) electrons. The van der Waals surface area contributed by atoms with Crippen molar-refractivity contribution in [2.45, 2.75) is 38.8 Å². The highest BCUT2D eigenvalue weighted by Gasteiger charge is 2.30. The first-order valence-electron chi connectivity index (χ1n) is 6.12. The molecule has 1 aromatic carbocycles. The molecule has 1 aliphatic carbocycles. The van der Waals surface area contributed by atoms with Gasteiger partial charge in [-0.2, -0.15) is 0 Å². The minimum atomic E-state index is -0.173. The molecule has 94 valence electrons. The van der Waals surface area contributed by atoms with E-state index in [0.29, 0.717) is 22.7 Å². The monoisotopic (exact) mass is 300 g/mol. The summed E-state index contributed by atoms with van der Waals surface area (Å²) in [6.07, 6.45) is 3.39. The van der Waals surface area contributed by atoms with Crippen LogP contribution in [0.25, 0.3) is 0 Å². The van der Waals surface area contributed by atoms with Gasteiger partial charge in [-0.3, -0.25) is 0 Å². The van der Waals surface area contributed by atoms with Gasteiger partial charge in [-0.25, -0.2) is 4.39 Å². The van der Waals surface area contributed by atoms with E-state index >= 15 is 0 Å². The summed E-state index contributed by atoms with van der Waals surface area (Å²) in [6.45, 7) is 3.39. The third-order valence-corrected chi connectivity index (χ3v) is 3.98. The van der Waals surface area contributed by atoms with Crippen LogP contribution >= 0.6 is 15.9 Å². The molecule has 1 saturated carbocycles. The molecule has 1 aromatic rings. The first kappa shape index (κ1) is 12.8. The van der Waals surface area contributed by atoms with Crippen LogP contribution in [0.2, 0.25) is 0 Å². The Morgan fingerprint density at radius 1 is 1.47 bits per heavy atom. The molecule has 0 amide bonds. The van der Waals surface area contributed by atoms with Crippen molar-refractivity contribution in [1.82, 2.24) is 0 Å². The van der Waals surface area contributed by atoms with E-state index in [4.69, 9.17) is 5.73 Å². The molecule has 1 fully saturated rings. The summed E-state index contributed by atoms with van der Waals surface area (Å²) in [5.41, 5.74) is 7.09. The number of anilines is 1. The number of hydrogen-bond donors (Lipinski definition) is 1. The van der Waals surface area contributed by atoms with E-state index < -0.39 is 0 Å². The average molecular weight is 301 g/mol. The number of hydrogen-bond acceptors (Lipinski definition) is 2. The van der Waals surface area contributed by atoms with Crippen LogP contribution in [-0.4, -0.2) is 12.6 Å². The Hall–Kier alpha value is -0.610. The molecule has 2 N–H and O–H groups in total. The van der Waals surface area contributed by atoms with Gasteiger partial charge in [0.15, 0.2) is 5.82 Å². The van der Waals surface area contributed by atoms with Gasteiger partial charge < -0.3 is 10.6 Å². The van der Waals surface area contributed by atoms with E-state index in [-0.39, 0.29) is 5.82 Å². The number of rotatable bonds is 5. The summed E-state index contributed by atoms with van der Waals surface area (Å²) in [5.74, 6) is -0.173. The molecule has 0 aromatic heterocycles. The van der Waals surface area contributed by atoms with Gasteiger partial charge in [-0.15, -0.1) is 0 Å². The number of halogens is 2. The normalized spacial score (nSPS) is 15.1. The summed E-state index contributed by atoms with van der Waals surface area (Å²) in [4.78, 5) is 2.18. The summed E-state index contributed by atoms with van der Waals surface area (Å²) in [7, 11) is 0. The molecule has 2 rings (SSSR count). The molecule has 0 aliphatic heterocycles. The van der Waals surface area contributed by atoms with Crippen molar-refractivity contribution in [2.24, 2.45) is 5.73 Å². The van der Waals surface area contributed by atoms with Crippen LogP contribution in [0, 0.1) is 5.82 Å². The summed E-state index contributed by atoms with van der Waals surface area (Å²) < 4.78 is 14.8. The molecule has 0 saturated heterocycles.